The van der Waals surface area contributed by atoms with Crippen molar-refractivity contribution in [3.05, 3.63) is 45.9 Å². The number of methoxy groups -OCH3 is 2. The number of ether oxygens (including phenoxy) is 3. The van der Waals surface area contributed by atoms with Gasteiger partial charge in [-0.2, -0.15) is 0 Å². The minimum Gasteiger partial charge on any atom is -0.495 e. The molecule has 0 aliphatic carbocycles. The minimum absolute atomic E-state index is 0.535. The van der Waals surface area contributed by atoms with Crippen molar-refractivity contribution in [1.29, 1.82) is 0 Å². The average Bonchev–Trinajstić information content (AvgIpc) is 2.58. The van der Waals surface area contributed by atoms with Gasteiger partial charge in [0.05, 0.1) is 30.9 Å². The van der Waals surface area contributed by atoms with Crippen molar-refractivity contribution in [1.82, 2.24) is 0 Å². The number of anilines is 1. The van der Waals surface area contributed by atoms with Crippen LogP contribution in [-0.2, 0) is 6.54 Å². The van der Waals surface area contributed by atoms with E-state index in [0.717, 1.165) is 17.7 Å². The second-order valence-corrected chi connectivity index (χ2v) is 5.97. The lowest BCUT2D eigenvalue weighted by Crippen LogP contribution is -2.03. The summed E-state index contributed by atoms with van der Waals surface area (Å²) in [4.78, 5) is 0. The Morgan fingerprint density at radius 1 is 0.958 bits per heavy atom. The number of rotatable bonds is 8. The highest BCUT2D eigenvalue weighted by Gasteiger charge is 2.12. The first-order valence-corrected chi connectivity index (χ1v) is 8.41. The van der Waals surface area contributed by atoms with Gasteiger partial charge in [0.2, 0.25) is 0 Å². The van der Waals surface area contributed by atoms with E-state index >= 15 is 0 Å². The van der Waals surface area contributed by atoms with Crippen LogP contribution in [0.3, 0.4) is 0 Å². The summed E-state index contributed by atoms with van der Waals surface area (Å²) >= 11 is 12.5. The molecule has 0 aliphatic heterocycles. The zero-order chi connectivity index (χ0) is 17.5. The van der Waals surface area contributed by atoms with Crippen molar-refractivity contribution in [3.8, 4) is 17.2 Å². The molecule has 0 fully saturated rings. The van der Waals surface area contributed by atoms with Crippen LogP contribution in [0.4, 0.5) is 5.69 Å². The molecule has 2 rings (SSSR count). The van der Waals surface area contributed by atoms with Crippen LogP contribution in [0, 0.1) is 0 Å². The summed E-state index contributed by atoms with van der Waals surface area (Å²) in [6.07, 6.45) is 0.904. The molecule has 0 amide bonds. The maximum atomic E-state index is 6.33. The molecule has 24 heavy (non-hydrogen) atoms. The second-order valence-electron chi connectivity index (χ2n) is 5.16. The van der Waals surface area contributed by atoms with E-state index < -0.39 is 0 Å². The number of hydrogen-bond acceptors (Lipinski definition) is 4. The van der Waals surface area contributed by atoms with Crippen LogP contribution in [-0.4, -0.2) is 20.8 Å². The summed E-state index contributed by atoms with van der Waals surface area (Å²) < 4.78 is 16.2. The summed E-state index contributed by atoms with van der Waals surface area (Å²) in [5.41, 5.74) is 1.87. The second kappa shape index (κ2) is 8.90. The zero-order valence-electron chi connectivity index (χ0n) is 14.0. The molecule has 0 atom stereocenters. The molecule has 0 heterocycles. The first kappa shape index (κ1) is 18.6. The first-order chi connectivity index (χ1) is 11.6. The predicted octanol–water partition coefficient (Wildman–Crippen LogP) is 5.41. The minimum atomic E-state index is 0.535. The molecule has 2 aromatic carbocycles. The average molecular weight is 370 g/mol. The van der Waals surface area contributed by atoms with E-state index in [1.165, 1.54) is 0 Å². The van der Waals surface area contributed by atoms with Gasteiger partial charge < -0.3 is 19.5 Å². The maximum Gasteiger partial charge on any atom is 0.179 e. The van der Waals surface area contributed by atoms with Gasteiger partial charge in [-0.15, -0.1) is 0 Å². The molecular weight excluding hydrogens is 349 g/mol. The third kappa shape index (κ3) is 4.62. The fraction of sp³-hybridized carbons (Fsp3) is 0.333. The lowest BCUT2D eigenvalue weighted by Gasteiger charge is -2.15. The van der Waals surface area contributed by atoms with Crippen molar-refractivity contribution in [2.75, 3.05) is 26.1 Å². The van der Waals surface area contributed by atoms with Crippen molar-refractivity contribution in [2.45, 2.75) is 19.9 Å². The van der Waals surface area contributed by atoms with Crippen molar-refractivity contribution in [2.24, 2.45) is 0 Å². The van der Waals surface area contributed by atoms with Gasteiger partial charge in [-0.1, -0.05) is 30.1 Å². The molecule has 1 N–H and O–H groups in total. The van der Waals surface area contributed by atoms with E-state index in [-0.39, 0.29) is 0 Å². The van der Waals surface area contributed by atoms with Gasteiger partial charge in [-0.3, -0.25) is 0 Å². The van der Waals surface area contributed by atoms with E-state index in [0.29, 0.717) is 40.4 Å². The van der Waals surface area contributed by atoms with Crippen LogP contribution < -0.4 is 19.5 Å². The third-order valence-electron chi connectivity index (χ3n) is 3.39. The molecule has 0 aromatic heterocycles. The molecule has 0 saturated carbocycles. The molecule has 130 valence electrons. The molecule has 6 heteroatoms. The van der Waals surface area contributed by atoms with Crippen LogP contribution in [0.25, 0.3) is 0 Å². The Bertz CT molecular complexity index is 692. The van der Waals surface area contributed by atoms with E-state index in [1.54, 1.807) is 14.2 Å². The van der Waals surface area contributed by atoms with Gasteiger partial charge in [0, 0.05) is 12.2 Å². The normalized spacial score (nSPS) is 10.4. The Hall–Kier alpha value is -1.78. The van der Waals surface area contributed by atoms with Crippen LogP contribution in [0.5, 0.6) is 17.2 Å². The molecule has 0 unspecified atom stereocenters. The predicted molar refractivity (Wildman–Crippen MR) is 99.1 cm³/mol. The molecule has 0 saturated heterocycles. The topological polar surface area (TPSA) is 39.7 Å². The highest BCUT2D eigenvalue weighted by atomic mass is 35.5. The van der Waals surface area contributed by atoms with Gasteiger partial charge >= 0.3 is 0 Å². The van der Waals surface area contributed by atoms with E-state index in [2.05, 4.69) is 5.32 Å². The van der Waals surface area contributed by atoms with Crippen molar-refractivity contribution < 1.29 is 14.2 Å². The number of nitrogens with one attached hydrogen (secondary N) is 1. The quantitative estimate of drug-likeness (QED) is 0.674. The van der Waals surface area contributed by atoms with Gasteiger partial charge in [-0.05, 0) is 42.3 Å². The summed E-state index contributed by atoms with van der Waals surface area (Å²) in [6, 6.07) is 9.32. The summed E-state index contributed by atoms with van der Waals surface area (Å²) in [5, 5.41) is 4.39. The number of halogens is 2. The first-order valence-electron chi connectivity index (χ1n) is 7.65. The zero-order valence-corrected chi connectivity index (χ0v) is 15.5. The molecule has 2 aromatic rings. The Balaban J connectivity index is 2.12. The fourth-order valence-electron chi connectivity index (χ4n) is 2.20. The summed E-state index contributed by atoms with van der Waals surface area (Å²) in [5.74, 6) is 1.85. The van der Waals surface area contributed by atoms with Crippen LogP contribution in [0.2, 0.25) is 10.0 Å². The highest BCUT2D eigenvalue weighted by molar-refractivity contribution is 6.32. The van der Waals surface area contributed by atoms with E-state index in [9.17, 15) is 0 Å². The Kier molecular flexibility index (Phi) is 6.88. The maximum absolute atomic E-state index is 6.33. The summed E-state index contributed by atoms with van der Waals surface area (Å²) in [6.45, 7) is 3.21. The van der Waals surface area contributed by atoms with Crippen LogP contribution in [0.1, 0.15) is 18.9 Å². The standard InChI is InChI=1S/C18H21Cl2NO3/c1-4-7-24-18-15(20)8-12(9-17(18)23-3)11-21-13-5-6-16(22-2)14(19)10-13/h5-6,8-10,21H,4,7,11H2,1-3H3. The van der Waals surface area contributed by atoms with Gasteiger partial charge in [0.15, 0.2) is 11.5 Å². The number of hydrogen-bond donors (Lipinski definition) is 1. The van der Waals surface area contributed by atoms with E-state index in [1.807, 2.05) is 37.3 Å². The Morgan fingerprint density at radius 3 is 2.33 bits per heavy atom. The third-order valence-corrected chi connectivity index (χ3v) is 3.96. The molecule has 4 nitrogen and oxygen atoms in total. The molecule has 0 bridgehead atoms. The van der Waals surface area contributed by atoms with Crippen molar-refractivity contribution >= 4 is 28.9 Å². The molecule has 0 aliphatic rings. The van der Waals surface area contributed by atoms with Crippen molar-refractivity contribution in [3.63, 3.8) is 0 Å². The smallest absolute Gasteiger partial charge is 0.179 e. The largest absolute Gasteiger partial charge is 0.495 e. The van der Waals surface area contributed by atoms with Gasteiger partial charge in [-0.25, -0.2) is 0 Å². The van der Waals surface area contributed by atoms with Crippen LogP contribution in [0.15, 0.2) is 30.3 Å². The lowest BCUT2D eigenvalue weighted by molar-refractivity contribution is 0.294. The number of benzene rings is 2. The Morgan fingerprint density at radius 2 is 1.71 bits per heavy atom. The van der Waals surface area contributed by atoms with Crippen LogP contribution >= 0.6 is 23.2 Å². The highest BCUT2D eigenvalue weighted by Crippen LogP contribution is 2.37. The molecular formula is C18H21Cl2NO3. The van der Waals surface area contributed by atoms with Gasteiger partial charge in [0.1, 0.15) is 5.75 Å². The lowest BCUT2D eigenvalue weighted by atomic mass is 10.2. The van der Waals surface area contributed by atoms with E-state index in [4.69, 9.17) is 37.4 Å². The summed E-state index contributed by atoms with van der Waals surface area (Å²) in [7, 11) is 3.19. The van der Waals surface area contributed by atoms with Gasteiger partial charge in [0.25, 0.3) is 0 Å². The Labute approximate surface area is 152 Å². The molecule has 0 spiro atoms. The fourth-order valence-corrected chi connectivity index (χ4v) is 2.75. The molecule has 0 radical (unpaired) electrons. The SMILES string of the molecule is CCCOc1c(Cl)cc(CNc2ccc(OC)c(Cl)c2)cc1OC. The monoisotopic (exact) mass is 369 g/mol.